The largest absolute Gasteiger partial charge is 0.481 e. The van der Waals surface area contributed by atoms with Gasteiger partial charge in [-0.25, -0.2) is 4.58 Å². The number of aliphatic carboxylic acids is 1. The third-order valence-corrected chi connectivity index (χ3v) is 15.2. The second-order valence-electron chi connectivity index (χ2n) is 14.8. The average molecular weight is 779 g/mol. The number of hydrogen-bond acceptors (Lipinski definition) is 9. The molecule has 4 N–H and O–H groups in total. The number of carboxylic acid groups (broad SMARTS) is 1. The molecular weight excluding hydrogens is 739 g/mol. The van der Waals surface area contributed by atoms with Crippen LogP contribution in [-0.4, -0.2) is 93.1 Å². The molecule has 2 aromatic carbocycles. The van der Waals surface area contributed by atoms with Gasteiger partial charge in [-0.15, -0.1) is 0 Å². The molecule has 0 saturated heterocycles. The van der Waals surface area contributed by atoms with Gasteiger partial charge >= 0.3 is 16.1 Å². The quantitative estimate of drug-likeness (QED) is 0.148. The highest BCUT2D eigenvalue weighted by atomic mass is 32.2. The molecule has 0 aromatic heterocycles. The van der Waals surface area contributed by atoms with Crippen LogP contribution in [0, 0.1) is 11.3 Å². The highest BCUT2D eigenvalue weighted by molar-refractivity contribution is 7.86. The third-order valence-electron chi connectivity index (χ3n) is 9.73. The van der Waals surface area contributed by atoms with Crippen molar-refractivity contribution < 1.29 is 48.8 Å². The Morgan fingerprint density at radius 3 is 1.96 bits per heavy atom. The predicted molar refractivity (Wildman–Crippen MR) is 196 cm³/mol. The zero-order valence-electron chi connectivity index (χ0n) is 28.9. The van der Waals surface area contributed by atoms with Gasteiger partial charge in [0.15, 0.2) is 5.54 Å². The van der Waals surface area contributed by atoms with Crippen molar-refractivity contribution in [3.8, 4) is 6.07 Å². The number of fused-ring (bicyclic) bond motifs is 4. The minimum atomic E-state index is -4.59. The average Bonchev–Trinajstić information content (AvgIpc) is 2.93. The van der Waals surface area contributed by atoms with Crippen LogP contribution < -0.4 is 30.4 Å². The number of rotatable bonds is 10. The summed E-state index contributed by atoms with van der Waals surface area (Å²) in [5, 5.41) is 22.2. The van der Waals surface area contributed by atoms with E-state index >= 15 is 0 Å². The summed E-state index contributed by atoms with van der Waals surface area (Å²) in [7, 11) is -16.6. The van der Waals surface area contributed by atoms with E-state index in [2.05, 4.69) is 6.07 Å². The van der Waals surface area contributed by atoms with Crippen LogP contribution in [0.15, 0.2) is 36.4 Å². The second kappa shape index (κ2) is 12.5. The number of anilines is 1. The fourth-order valence-electron chi connectivity index (χ4n) is 7.61. The van der Waals surface area contributed by atoms with Crippen molar-refractivity contribution in [3.63, 3.8) is 0 Å². The fourth-order valence-corrected chi connectivity index (χ4v) is 12.7. The molecule has 0 saturated carbocycles. The van der Waals surface area contributed by atoms with Crippen LogP contribution in [0.1, 0.15) is 57.2 Å². The maximum Gasteiger partial charge on any atom is 0.326 e. The van der Waals surface area contributed by atoms with E-state index in [4.69, 9.17) is 0 Å². The fraction of sp³-hybridized carbons (Fsp3) is 0.424. The van der Waals surface area contributed by atoms with E-state index in [1.165, 1.54) is 10.7 Å². The lowest BCUT2D eigenvalue weighted by atomic mass is 9.86. The monoisotopic (exact) mass is 778 g/mol. The standard InChI is InChI=1S/C33H39N3O11S3Si/c1-32(2)14-20(17-48(39,40)41)22-10-24-26(16-34)25-11-23-21(18-49(42,43)44)15-33(3,4)36(19-50(45,46)47)28(23)13-30(25)51(5,6)29(24)12-27(22)35(32)9-7-8-31(37)38/h10-15H,7-9,17-19H2,1-6H3,(H3-,37,38,39,40,41,42,43,44,45,46,47)/p+1. The zero-order valence-corrected chi connectivity index (χ0v) is 32.4. The van der Waals surface area contributed by atoms with Gasteiger partial charge in [-0.2, -0.15) is 30.5 Å². The Hall–Kier alpha value is -3.70. The van der Waals surface area contributed by atoms with Crippen LogP contribution in [0.3, 0.4) is 0 Å². The zero-order chi connectivity index (χ0) is 38.3. The molecular formula is C33H40N3O11S3Si+. The maximum absolute atomic E-state index is 12.3. The van der Waals surface area contributed by atoms with Crippen molar-refractivity contribution in [2.45, 2.75) is 64.7 Å². The lowest BCUT2D eigenvalue weighted by molar-refractivity contribution is -0.137. The van der Waals surface area contributed by atoms with E-state index in [1.807, 2.05) is 37.9 Å². The summed E-state index contributed by atoms with van der Waals surface area (Å²) in [6.45, 7) is 11.3. The second-order valence-corrected chi connectivity index (χ2v) is 23.5. The van der Waals surface area contributed by atoms with E-state index < -0.39 is 72.9 Å². The van der Waals surface area contributed by atoms with Crippen LogP contribution in [0.5, 0.6) is 0 Å². The first kappa shape index (κ1) is 38.5. The maximum atomic E-state index is 12.3. The summed E-state index contributed by atoms with van der Waals surface area (Å²) in [4.78, 5) is 13.4. The molecule has 0 spiro atoms. The van der Waals surface area contributed by atoms with E-state index in [9.17, 15) is 54.1 Å². The number of nitriles is 1. The van der Waals surface area contributed by atoms with Gasteiger partial charge in [0, 0.05) is 44.1 Å². The van der Waals surface area contributed by atoms with Crippen molar-refractivity contribution in [2.75, 3.05) is 28.8 Å². The summed E-state index contributed by atoms with van der Waals surface area (Å²) in [6.07, 6.45) is 3.37. The summed E-state index contributed by atoms with van der Waals surface area (Å²) in [5.74, 6) is -3.31. The highest BCUT2D eigenvalue weighted by Crippen LogP contribution is 2.41. The molecule has 0 amide bonds. The number of carbonyl (C=O) groups is 1. The van der Waals surface area contributed by atoms with Crippen molar-refractivity contribution >= 4 is 77.2 Å². The predicted octanol–water partition coefficient (Wildman–Crippen LogP) is 0.680. The number of hydrogen-bond donors (Lipinski definition) is 4. The highest BCUT2D eigenvalue weighted by Gasteiger charge is 2.43. The number of benzene rings is 2. The molecule has 3 aliphatic heterocycles. The third kappa shape index (κ3) is 7.60. The smallest absolute Gasteiger partial charge is 0.326 e. The Balaban J connectivity index is 1.91. The molecule has 0 aliphatic carbocycles. The molecule has 0 radical (unpaired) electrons. The normalized spacial score (nSPS) is 18.8. The topological polar surface area (TPSA) is 230 Å². The number of carboxylic acids is 1. The summed E-state index contributed by atoms with van der Waals surface area (Å²) < 4.78 is 104. The van der Waals surface area contributed by atoms with E-state index in [0.717, 1.165) is 5.19 Å². The molecule has 18 heteroatoms. The molecule has 0 fully saturated rings. The van der Waals surface area contributed by atoms with Crippen LogP contribution in [-0.2, 0) is 35.1 Å². The first-order valence-corrected chi connectivity index (χ1v) is 23.7. The van der Waals surface area contributed by atoms with Crippen molar-refractivity contribution in [2.24, 2.45) is 0 Å². The first-order chi connectivity index (χ1) is 23.1. The van der Waals surface area contributed by atoms with Crippen LogP contribution in [0.2, 0.25) is 13.1 Å². The Morgan fingerprint density at radius 2 is 1.43 bits per heavy atom. The molecule has 2 aromatic rings. The van der Waals surface area contributed by atoms with Gasteiger partial charge in [0.25, 0.3) is 26.1 Å². The van der Waals surface area contributed by atoms with Gasteiger partial charge in [0.05, 0.1) is 16.7 Å². The van der Waals surface area contributed by atoms with Crippen LogP contribution in [0.25, 0.3) is 16.7 Å². The summed E-state index contributed by atoms with van der Waals surface area (Å²) in [6, 6.07) is 9.18. The molecule has 0 unspecified atom stereocenters. The van der Waals surface area contributed by atoms with Crippen molar-refractivity contribution in [1.82, 2.24) is 4.58 Å². The van der Waals surface area contributed by atoms with E-state index in [-0.39, 0.29) is 34.9 Å². The summed E-state index contributed by atoms with van der Waals surface area (Å²) >= 11 is 0. The Labute approximate surface area is 298 Å². The lowest BCUT2D eigenvalue weighted by Gasteiger charge is -2.45. The molecule has 3 aliphatic rings. The molecule has 0 atom stereocenters. The van der Waals surface area contributed by atoms with Gasteiger partial charge in [-0.1, -0.05) is 19.2 Å². The Bertz CT molecular complexity index is 2480. The molecule has 0 bridgehead atoms. The minimum absolute atomic E-state index is 0.107. The van der Waals surface area contributed by atoms with Crippen molar-refractivity contribution in [1.29, 1.82) is 5.26 Å². The SMILES string of the molecule is CC1(C)C=C(CS(=O)(=O)O)c2cc3c(cc2N1CCCC(=O)O)[Si](C)(C)c1cc2c(cc1=C3C#N)C(CS(=O)(=O)O)=CC(C)(C)[N+]=2CS(=O)(=O)O. The molecule has 5 rings (SSSR count). The van der Waals surface area contributed by atoms with Crippen molar-refractivity contribution in [3.05, 3.63) is 63.7 Å². The van der Waals surface area contributed by atoms with Gasteiger partial charge in [-0.3, -0.25) is 18.5 Å². The summed E-state index contributed by atoms with van der Waals surface area (Å²) in [5.41, 5.74) is 0.463. The number of nitrogens with zero attached hydrogens (tertiary/aromatic N) is 3. The Morgan fingerprint density at radius 1 is 0.843 bits per heavy atom. The van der Waals surface area contributed by atoms with Gasteiger partial charge in [0.2, 0.25) is 5.36 Å². The lowest BCUT2D eigenvalue weighted by Crippen LogP contribution is -2.65. The van der Waals surface area contributed by atoms with E-state index in [1.54, 1.807) is 38.1 Å². The molecule has 14 nitrogen and oxygen atoms in total. The van der Waals surface area contributed by atoms with Gasteiger partial charge < -0.3 is 10.0 Å². The molecule has 274 valence electrons. The van der Waals surface area contributed by atoms with E-state index in [0.29, 0.717) is 39.3 Å². The molecule has 51 heavy (non-hydrogen) atoms. The van der Waals surface area contributed by atoms with Crippen LogP contribution >= 0.6 is 0 Å². The Kier molecular flexibility index (Phi) is 9.42. The first-order valence-electron chi connectivity index (χ1n) is 15.9. The minimum Gasteiger partial charge on any atom is -0.481 e. The molecule has 3 heterocycles. The van der Waals surface area contributed by atoms with Gasteiger partial charge in [0.1, 0.15) is 25.6 Å². The van der Waals surface area contributed by atoms with Crippen LogP contribution in [0.4, 0.5) is 5.69 Å². The van der Waals surface area contributed by atoms with Gasteiger partial charge in [-0.05, 0) is 76.8 Å².